The van der Waals surface area contributed by atoms with Crippen LogP contribution >= 0.6 is 15.6 Å². The molecule has 10 nitrogen and oxygen atoms in total. The highest BCUT2D eigenvalue weighted by molar-refractivity contribution is 7.48. The van der Waals surface area contributed by atoms with E-state index in [0.717, 1.165) is 0 Å². The predicted octanol–water partition coefficient (Wildman–Crippen LogP) is 4.84. The van der Waals surface area contributed by atoms with Crippen molar-refractivity contribution in [1.82, 2.24) is 0 Å². The first-order valence-electron chi connectivity index (χ1n) is 10.1. The summed E-state index contributed by atoms with van der Waals surface area (Å²) in [6.07, 6.45) is 0. The molecule has 0 saturated heterocycles. The van der Waals surface area contributed by atoms with E-state index in [1.165, 1.54) is 24.3 Å². The van der Waals surface area contributed by atoms with Gasteiger partial charge in [0.05, 0.1) is 13.2 Å². The zero-order chi connectivity index (χ0) is 24.3. The van der Waals surface area contributed by atoms with Crippen LogP contribution in [0.15, 0.2) is 84.9 Å². The molecule has 0 aliphatic heterocycles. The minimum Gasteiger partial charge on any atom is -0.487 e. The number of hydrogen-bond acceptors (Lipinski definition) is 8. The molecule has 0 fully saturated rings. The molecule has 0 amide bonds. The Balaban J connectivity index is 1.40. The molecular formula is C22H24O10P2. The fourth-order valence-corrected chi connectivity index (χ4v) is 4.07. The highest BCUT2D eigenvalue weighted by atomic mass is 31.2. The second-order valence-electron chi connectivity index (χ2n) is 6.56. The average Bonchev–Trinajstić information content (AvgIpc) is 2.81. The number of benzene rings is 3. The third-order valence-corrected chi connectivity index (χ3v) is 5.87. The summed E-state index contributed by atoms with van der Waals surface area (Å²) < 4.78 is 54.8. The van der Waals surface area contributed by atoms with Crippen molar-refractivity contribution in [3.05, 3.63) is 84.9 Å². The van der Waals surface area contributed by atoms with Crippen molar-refractivity contribution in [2.24, 2.45) is 0 Å². The van der Waals surface area contributed by atoms with Crippen LogP contribution in [0.2, 0.25) is 0 Å². The quantitative estimate of drug-likeness (QED) is 0.230. The summed E-state index contributed by atoms with van der Waals surface area (Å²) in [6.45, 7) is -0.558. The van der Waals surface area contributed by atoms with Gasteiger partial charge >= 0.3 is 15.6 Å². The smallest absolute Gasteiger partial charge is 0.487 e. The molecule has 2 unspecified atom stereocenters. The molecule has 3 aromatic rings. The molecule has 0 saturated carbocycles. The summed E-state index contributed by atoms with van der Waals surface area (Å²) in [7, 11) is -8.60. The molecular weight excluding hydrogens is 486 g/mol. The second kappa shape index (κ2) is 12.6. The van der Waals surface area contributed by atoms with Crippen LogP contribution in [0.5, 0.6) is 23.0 Å². The Morgan fingerprint density at radius 2 is 0.882 bits per heavy atom. The number of phosphoric ester groups is 2. The maximum absolute atomic E-state index is 12.0. The highest BCUT2D eigenvalue weighted by Gasteiger charge is 2.24. The molecule has 12 heteroatoms. The van der Waals surface area contributed by atoms with Gasteiger partial charge in [0.25, 0.3) is 0 Å². The maximum Gasteiger partial charge on any atom is 0.527 e. The van der Waals surface area contributed by atoms with E-state index in [0.29, 0.717) is 11.5 Å². The molecule has 3 rings (SSSR count). The van der Waals surface area contributed by atoms with E-state index in [4.69, 9.17) is 27.6 Å². The van der Waals surface area contributed by atoms with Gasteiger partial charge in [-0.25, -0.2) is 9.13 Å². The third-order valence-electron chi connectivity index (χ3n) is 3.97. The lowest BCUT2D eigenvalue weighted by Gasteiger charge is -2.15. The molecule has 0 radical (unpaired) electrons. The van der Waals surface area contributed by atoms with Crippen molar-refractivity contribution in [2.45, 2.75) is 0 Å². The largest absolute Gasteiger partial charge is 0.527 e. The second-order valence-corrected chi connectivity index (χ2v) is 9.31. The van der Waals surface area contributed by atoms with Gasteiger partial charge in [0.2, 0.25) is 0 Å². The minimum absolute atomic E-state index is 0.0592. The Morgan fingerprint density at radius 1 is 0.529 bits per heavy atom. The summed E-state index contributed by atoms with van der Waals surface area (Å²) in [5, 5.41) is 0. The van der Waals surface area contributed by atoms with Crippen LogP contribution in [0.4, 0.5) is 0 Å². The topological polar surface area (TPSA) is 130 Å². The van der Waals surface area contributed by atoms with Crippen molar-refractivity contribution in [2.75, 3.05) is 26.4 Å². The minimum atomic E-state index is -4.30. The number of para-hydroxylation sites is 4. The van der Waals surface area contributed by atoms with E-state index in [9.17, 15) is 18.9 Å². The van der Waals surface area contributed by atoms with Crippen LogP contribution < -0.4 is 18.5 Å². The summed E-state index contributed by atoms with van der Waals surface area (Å²) in [5.41, 5.74) is 0. The zero-order valence-corrected chi connectivity index (χ0v) is 19.8. The monoisotopic (exact) mass is 510 g/mol. The normalized spacial score (nSPS) is 14.4. The maximum atomic E-state index is 12.0. The van der Waals surface area contributed by atoms with Crippen LogP contribution in [0.1, 0.15) is 0 Å². The van der Waals surface area contributed by atoms with Gasteiger partial charge in [0.1, 0.15) is 24.7 Å². The first kappa shape index (κ1) is 25.8. The molecule has 2 atom stereocenters. The molecule has 34 heavy (non-hydrogen) atoms. The van der Waals surface area contributed by atoms with Crippen molar-refractivity contribution in [3.63, 3.8) is 0 Å². The summed E-state index contributed by atoms with van der Waals surface area (Å²) in [5.74, 6) is 1.10. The molecule has 0 bridgehead atoms. The van der Waals surface area contributed by atoms with E-state index < -0.39 is 15.6 Å². The lowest BCUT2D eigenvalue weighted by atomic mass is 10.3. The van der Waals surface area contributed by atoms with Gasteiger partial charge in [-0.15, -0.1) is 0 Å². The van der Waals surface area contributed by atoms with Crippen LogP contribution in [-0.4, -0.2) is 36.2 Å². The van der Waals surface area contributed by atoms with E-state index in [1.54, 1.807) is 60.7 Å². The Labute approximate surface area is 196 Å². The molecule has 0 spiro atoms. The molecule has 3 aromatic carbocycles. The molecule has 0 heterocycles. The van der Waals surface area contributed by atoms with E-state index in [1.807, 2.05) is 0 Å². The predicted molar refractivity (Wildman–Crippen MR) is 123 cm³/mol. The van der Waals surface area contributed by atoms with E-state index >= 15 is 0 Å². The van der Waals surface area contributed by atoms with Gasteiger partial charge in [0.15, 0.2) is 11.5 Å². The SMILES string of the molecule is O=P(O)(OCCOc1ccccc1OCCOP(=O)(O)Oc1ccccc1)Oc1ccccc1. The fourth-order valence-electron chi connectivity index (χ4n) is 2.58. The van der Waals surface area contributed by atoms with Crippen LogP contribution in [0.3, 0.4) is 0 Å². The highest BCUT2D eigenvalue weighted by Crippen LogP contribution is 2.44. The summed E-state index contributed by atoms with van der Waals surface area (Å²) in [6, 6.07) is 23.0. The molecule has 2 N–H and O–H groups in total. The zero-order valence-electron chi connectivity index (χ0n) is 18.0. The van der Waals surface area contributed by atoms with Crippen LogP contribution in [0.25, 0.3) is 0 Å². The van der Waals surface area contributed by atoms with Crippen LogP contribution in [-0.2, 0) is 18.2 Å². The Bertz CT molecular complexity index is 1020. The Morgan fingerprint density at radius 3 is 1.26 bits per heavy atom. The number of hydrogen-bond donors (Lipinski definition) is 2. The first-order chi connectivity index (χ1) is 16.3. The fraction of sp³-hybridized carbons (Fsp3) is 0.182. The van der Waals surface area contributed by atoms with Crippen LogP contribution in [0, 0.1) is 0 Å². The van der Waals surface area contributed by atoms with Crippen molar-refractivity contribution in [1.29, 1.82) is 0 Å². The van der Waals surface area contributed by atoms with Gasteiger partial charge in [-0.2, -0.15) is 0 Å². The van der Waals surface area contributed by atoms with Crippen molar-refractivity contribution in [3.8, 4) is 23.0 Å². The lowest BCUT2D eigenvalue weighted by Crippen LogP contribution is -2.10. The van der Waals surface area contributed by atoms with Crippen molar-refractivity contribution >= 4 is 15.6 Å². The standard InChI is InChI=1S/C22H24O10P2/c23-33(24,31-19-9-3-1-4-10-19)29-17-15-27-21-13-7-8-14-22(21)28-16-18-30-34(25,26)32-20-11-5-2-6-12-20/h1-14H,15-18H2,(H,23,24)(H,25,26). The van der Waals surface area contributed by atoms with E-state index in [-0.39, 0.29) is 37.9 Å². The molecule has 0 aromatic heterocycles. The van der Waals surface area contributed by atoms with Gasteiger partial charge < -0.3 is 18.5 Å². The average molecular weight is 510 g/mol. The van der Waals surface area contributed by atoms with Gasteiger partial charge in [-0.05, 0) is 36.4 Å². The summed E-state index contributed by atoms with van der Waals surface area (Å²) in [4.78, 5) is 19.6. The molecule has 0 aliphatic carbocycles. The first-order valence-corrected chi connectivity index (χ1v) is 13.1. The Hall–Kier alpha value is -2.84. The number of phosphoric acid groups is 2. The third kappa shape index (κ3) is 9.19. The lowest BCUT2D eigenvalue weighted by molar-refractivity contribution is 0.151. The molecule has 182 valence electrons. The Kier molecular flexibility index (Phi) is 9.53. The van der Waals surface area contributed by atoms with E-state index in [2.05, 4.69) is 0 Å². The van der Waals surface area contributed by atoms with Gasteiger partial charge in [0, 0.05) is 0 Å². The molecule has 0 aliphatic rings. The van der Waals surface area contributed by atoms with Gasteiger partial charge in [-0.1, -0.05) is 48.5 Å². The van der Waals surface area contributed by atoms with Crippen molar-refractivity contribution < 1.29 is 46.5 Å². The number of ether oxygens (including phenoxy) is 2. The summed E-state index contributed by atoms with van der Waals surface area (Å²) >= 11 is 0. The number of rotatable bonds is 14. The van der Waals surface area contributed by atoms with Gasteiger partial charge in [-0.3, -0.25) is 18.8 Å².